The SMILES string of the molecule is C=C1C(=O)C(NCC(C)(C)OP2N(c3ccccc3)[C@H](c3ccccc3)[C@@H](c3ccccc3)N2c2ccccc2)=C1Nc1ccccc1. The molecule has 5 aromatic rings. The minimum absolute atomic E-state index is 0.0491. The molecule has 48 heavy (non-hydrogen) atoms. The molecule has 0 unspecified atom stereocenters. The largest absolute Gasteiger partial charge is 0.377 e. The number of carbonyl (C=O) groups is 1. The molecular formula is C41H39N4O2P. The Morgan fingerprint density at radius 3 is 1.52 bits per heavy atom. The Balaban J connectivity index is 1.29. The van der Waals surface area contributed by atoms with E-state index in [4.69, 9.17) is 4.52 Å². The number of anilines is 3. The molecule has 0 amide bonds. The molecule has 240 valence electrons. The van der Waals surface area contributed by atoms with Crippen LogP contribution in [-0.2, 0) is 9.32 Å². The average Bonchev–Trinajstić information content (AvgIpc) is 3.46. The lowest BCUT2D eigenvalue weighted by Crippen LogP contribution is -2.43. The number of Topliss-reactive ketones (excluding diaryl/α,β-unsaturated/α-hetero) is 1. The van der Waals surface area contributed by atoms with Gasteiger partial charge in [-0.25, -0.2) is 0 Å². The minimum Gasteiger partial charge on any atom is -0.377 e. The van der Waals surface area contributed by atoms with Gasteiger partial charge in [-0.05, 0) is 61.4 Å². The molecule has 0 radical (unpaired) electrons. The van der Waals surface area contributed by atoms with E-state index in [1.807, 2.05) is 30.3 Å². The van der Waals surface area contributed by atoms with Crippen LogP contribution in [0.5, 0.6) is 0 Å². The van der Waals surface area contributed by atoms with E-state index < -0.39 is 14.1 Å². The maximum atomic E-state index is 13.0. The van der Waals surface area contributed by atoms with Gasteiger partial charge in [0.2, 0.25) is 14.2 Å². The second-order valence-electron chi connectivity index (χ2n) is 12.6. The zero-order chi connectivity index (χ0) is 33.1. The number of para-hydroxylation sites is 3. The predicted octanol–water partition coefficient (Wildman–Crippen LogP) is 9.57. The number of ketones is 1. The van der Waals surface area contributed by atoms with Crippen LogP contribution in [0.15, 0.2) is 175 Å². The molecule has 0 bridgehead atoms. The molecule has 1 saturated heterocycles. The summed E-state index contributed by atoms with van der Waals surface area (Å²) >= 11 is 0. The van der Waals surface area contributed by atoms with Crippen LogP contribution in [0.1, 0.15) is 37.1 Å². The fourth-order valence-corrected chi connectivity index (χ4v) is 8.79. The van der Waals surface area contributed by atoms with Gasteiger partial charge in [-0.1, -0.05) is 122 Å². The fourth-order valence-electron chi connectivity index (χ4n) is 6.29. The van der Waals surface area contributed by atoms with E-state index >= 15 is 0 Å². The number of allylic oxidation sites excluding steroid dienone is 2. The zero-order valence-corrected chi connectivity index (χ0v) is 28.1. The molecule has 5 aromatic carbocycles. The first-order valence-corrected chi connectivity index (χ1v) is 17.4. The van der Waals surface area contributed by atoms with Gasteiger partial charge < -0.3 is 24.5 Å². The van der Waals surface area contributed by atoms with Crippen LogP contribution in [0.2, 0.25) is 0 Å². The first kappa shape index (κ1) is 31.4. The molecule has 2 aliphatic rings. The Morgan fingerprint density at radius 2 is 1.06 bits per heavy atom. The molecular weight excluding hydrogens is 611 g/mol. The zero-order valence-electron chi connectivity index (χ0n) is 27.2. The lowest BCUT2D eigenvalue weighted by Gasteiger charge is -2.39. The predicted molar refractivity (Wildman–Crippen MR) is 198 cm³/mol. The normalized spacial score (nSPS) is 18.2. The first-order chi connectivity index (χ1) is 23.4. The van der Waals surface area contributed by atoms with Crippen molar-refractivity contribution >= 4 is 31.3 Å². The van der Waals surface area contributed by atoms with Crippen LogP contribution in [0, 0.1) is 0 Å². The van der Waals surface area contributed by atoms with Crippen molar-refractivity contribution in [1.82, 2.24) is 5.32 Å². The molecule has 7 rings (SSSR count). The average molecular weight is 651 g/mol. The third-order valence-electron chi connectivity index (χ3n) is 8.63. The van der Waals surface area contributed by atoms with E-state index in [0.29, 0.717) is 17.8 Å². The van der Waals surface area contributed by atoms with Crippen molar-refractivity contribution in [3.8, 4) is 0 Å². The smallest absolute Gasteiger partial charge is 0.250 e. The van der Waals surface area contributed by atoms with Crippen molar-refractivity contribution < 1.29 is 9.32 Å². The minimum atomic E-state index is -1.43. The highest BCUT2D eigenvalue weighted by Crippen LogP contribution is 2.68. The topological polar surface area (TPSA) is 56.8 Å². The van der Waals surface area contributed by atoms with Gasteiger partial charge in [0, 0.05) is 29.2 Å². The van der Waals surface area contributed by atoms with Gasteiger partial charge in [0.05, 0.1) is 23.4 Å². The summed E-state index contributed by atoms with van der Waals surface area (Å²) in [6, 6.07) is 52.3. The number of hydrogen-bond donors (Lipinski definition) is 2. The number of benzene rings is 5. The van der Waals surface area contributed by atoms with Crippen LogP contribution in [0.3, 0.4) is 0 Å². The van der Waals surface area contributed by atoms with E-state index in [-0.39, 0.29) is 17.9 Å². The summed E-state index contributed by atoms with van der Waals surface area (Å²) in [4.78, 5) is 13.0. The van der Waals surface area contributed by atoms with Crippen molar-refractivity contribution in [2.24, 2.45) is 0 Å². The monoisotopic (exact) mass is 650 g/mol. The molecule has 0 aromatic heterocycles. The molecule has 1 aliphatic heterocycles. The van der Waals surface area contributed by atoms with Crippen molar-refractivity contribution in [2.45, 2.75) is 31.5 Å². The van der Waals surface area contributed by atoms with E-state index in [9.17, 15) is 4.79 Å². The Labute approximate surface area is 284 Å². The molecule has 2 N–H and O–H groups in total. The summed E-state index contributed by atoms with van der Waals surface area (Å²) in [7, 11) is -1.43. The standard InChI is InChI=1S/C41H39N4O2P/c1-30-36(43-33-23-13-6-14-24-33)37(40(30)46)42-29-41(2,3)47-48-44(34-25-15-7-16-26-34)38(31-19-9-4-10-20-31)39(32-21-11-5-12-22-32)45(48)35-27-17-8-18-28-35/h4-28,38-39,42-43H,1,29H2,2-3H3/t38-,39-/m1/s1. The molecule has 0 spiro atoms. The van der Waals surface area contributed by atoms with Gasteiger partial charge in [0.25, 0.3) is 0 Å². The van der Waals surface area contributed by atoms with Gasteiger partial charge in [0.15, 0.2) is 0 Å². The van der Waals surface area contributed by atoms with Crippen molar-refractivity contribution in [3.63, 3.8) is 0 Å². The van der Waals surface area contributed by atoms with E-state index in [1.165, 1.54) is 11.1 Å². The summed E-state index contributed by atoms with van der Waals surface area (Å²) in [5.74, 6) is -0.0825. The summed E-state index contributed by atoms with van der Waals surface area (Å²) in [6.45, 7) is 8.60. The van der Waals surface area contributed by atoms with E-state index in [1.54, 1.807) is 0 Å². The summed E-state index contributed by atoms with van der Waals surface area (Å²) in [5.41, 5.74) is 6.54. The van der Waals surface area contributed by atoms with Crippen LogP contribution in [0.25, 0.3) is 0 Å². The van der Waals surface area contributed by atoms with Crippen LogP contribution >= 0.6 is 8.45 Å². The Hall–Kier alpha value is -5.16. The molecule has 7 heteroatoms. The number of rotatable bonds is 11. The third-order valence-corrected chi connectivity index (χ3v) is 11.0. The van der Waals surface area contributed by atoms with Crippen LogP contribution in [-0.4, -0.2) is 17.9 Å². The number of nitrogens with zero attached hydrogens (tertiary/aromatic N) is 2. The maximum absolute atomic E-state index is 13.0. The third kappa shape index (κ3) is 6.25. The molecule has 6 nitrogen and oxygen atoms in total. The van der Waals surface area contributed by atoms with Crippen LogP contribution in [0.4, 0.5) is 17.1 Å². The van der Waals surface area contributed by atoms with Crippen molar-refractivity contribution in [2.75, 3.05) is 21.2 Å². The quantitative estimate of drug-likeness (QED) is 0.110. The van der Waals surface area contributed by atoms with E-state index in [2.05, 4.69) is 162 Å². The Kier molecular flexibility index (Phi) is 8.86. The van der Waals surface area contributed by atoms with Gasteiger partial charge in [-0.15, -0.1) is 0 Å². The number of carbonyl (C=O) groups excluding carboxylic acids is 1. The Morgan fingerprint density at radius 1 is 0.646 bits per heavy atom. The second kappa shape index (κ2) is 13.5. The summed E-state index contributed by atoms with van der Waals surface area (Å²) in [6.07, 6.45) is 0. The summed E-state index contributed by atoms with van der Waals surface area (Å²) < 4.78 is 12.3. The molecule has 2 atom stereocenters. The maximum Gasteiger partial charge on any atom is 0.250 e. The molecule has 1 heterocycles. The summed E-state index contributed by atoms with van der Waals surface area (Å²) in [5, 5.41) is 6.80. The Bertz CT molecular complexity index is 1810. The van der Waals surface area contributed by atoms with Gasteiger partial charge in [0.1, 0.15) is 5.70 Å². The van der Waals surface area contributed by atoms with Gasteiger partial charge in [-0.3, -0.25) is 4.79 Å². The molecule has 1 fully saturated rings. The highest BCUT2D eigenvalue weighted by molar-refractivity contribution is 7.56. The molecule has 0 saturated carbocycles. The van der Waals surface area contributed by atoms with Gasteiger partial charge in [-0.2, -0.15) is 0 Å². The van der Waals surface area contributed by atoms with E-state index in [0.717, 1.165) is 22.8 Å². The number of nitrogens with one attached hydrogen (secondary N) is 2. The van der Waals surface area contributed by atoms with Crippen molar-refractivity contribution in [3.05, 3.63) is 186 Å². The first-order valence-electron chi connectivity index (χ1n) is 16.2. The van der Waals surface area contributed by atoms with Crippen molar-refractivity contribution in [1.29, 1.82) is 0 Å². The van der Waals surface area contributed by atoms with Gasteiger partial charge >= 0.3 is 0 Å². The lowest BCUT2D eigenvalue weighted by molar-refractivity contribution is -0.113. The second-order valence-corrected chi connectivity index (χ2v) is 14.1. The highest BCUT2D eigenvalue weighted by atomic mass is 31.2. The fraction of sp³-hybridized carbons (Fsp3) is 0.146. The number of hydrogen-bond acceptors (Lipinski definition) is 6. The van der Waals surface area contributed by atoms with Crippen LogP contribution < -0.4 is 20.0 Å². The lowest BCUT2D eigenvalue weighted by atomic mass is 9.92. The highest BCUT2D eigenvalue weighted by Gasteiger charge is 2.52. The molecule has 1 aliphatic carbocycles.